The number of carbonyl (C=O) groups excluding carboxylic acids is 1. The molecule has 0 radical (unpaired) electrons. The van der Waals surface area contributed by atoms with Crippen molar-refractivity contribution < 1.29 is 9.53 Å². The van der Waals surface area contributed by atoms with E-state index in [2.05, 4.69) is 6.92 Å². The lowest BCUT2D eigenvalue weighted by molar-refractivity contribution is -0.144. The van der Waals surface area contributed by atoms with Crippen LogP contribution in [-0.2, 0) is 9.53 Å². The van der Waals surface area contributed by atoms with E-state index < -0.39 is 0 Å². The molecule has 0 spiro atoms. The Morgan fingerprint density at radius 1 is 0.842 bits per heavy atom. The molecule has 0 aromatic heterocycles. The van der Waals surface area contributed by atoms with Crippen LogP contribution in [0.25, 0.3) is 0 Å². The van der Waals surface area contributed by atoms with E-state index in [0.717, 1.165) is 6.42 Å². The molecular weight excluding hydrogens is 238 g/mol. The summed E-state index contributed by atoms with van der Waals surface area (Å²) in [5.41, 5.74) is 0. The molecular formula is C16H33NO2. The summed E-state index contributed by atoms with van der Waals surface area (Å²) in [6.07, 6.45) is 13.1. The average Bonchev–Trinajstić information content (AvgIpc) is 2.35. The van der Waals surface area contributed by atoms with Crippen LogP contribution in [0.5, 0.6) is 0 Å². The van der Waals surface area contributed by atoms with E-state index in [1.165, 1.54) is 57.8 Å². The van der Waals surface area contributed by atoms with Gasteiger partial charge in [-0.25, -0.2) is 0 Å². The zero-order valence-electron chi connectivity index (χ0n) is 13.2. The Hall–Kier alpha value is -0.570. The van der Waals surface area contributed by atoms with Crippen LogP contribution in [0, 0.1) is 0 Å². The molecule has 114 valence electrons. The first-order valence-electron chi connectivity index (χ1n) is 7.97. The number of hydrogen-bond acceptors (Lipinski definition) is 3. The standard InChI is InChI=1S/C16H33NO2/c1-4-5-6-7-8-9-10-11-12-13-14-19-16(18)15-17(2)3/h4-15H2,1-3H3. The Bertz CT molecular complexity index is 205. The SMILES string of the molecule is CCCCCCCCCCCCOC(=O)CN(C)C. The molecule has 0 fully saturated rings. The van der Waals surface area contributed by atoms with Gasteiger partial charge in [0.25, 0.3) is 0 Å². The number of likely N-dealkylation sites (N-methyl/N-ethyl adjacent to an activating group) is 1. The second-order valence-electron chi connectivity index (χ2n) is 5.64. The summed E-state index contributed by atoms with van der Waals surface area (Å²) in [7, 11) is 3.75. The van der Waals surface area contributed by atoms with E-state index in [1.54, 1.807) is 0 Å². The molecule has 0 unspecified atom stereocenters. The second kappa shape index (κ2) is 13.9. The molecule has 0 saturated carbocycles. The monoisotopic (exact) mass is 271 g/mol. The van der Waals surface area contributed by atoms with Crippen LogP contribution in [-0.4, -0.2) is 38.1 Å². The van der Waals surface area contributed by atoms with Gasteiger partial charge in [0.05, 0.1) is 13.2 Å². The number of rotatable bonds is 13. The lowest BCUT2D eigenvalue weighted by atomic mass is 10.1. The number of ether oxygens (including phenoxy) is 1. The van der Waals surface area contributed by atoms with E-state index in [-0.39, 0.29) is 5.97 Å². The zero-order valence-corrected chi connectivity index (χ0v) is 13.2. The summed E-state index contributed by atoms with van der Waals surface area (Å²) in [4.78, 5) is 13.1. The fourth-order valence-corrected chi connectivity index (χ4v) is 2.08. The molecule has 0 bridgehead atoms. The van der Waals surface area contributed by atoms with Crippen molar-refractivity contribution in [3.63, 3.8) is 0 Å². The fraction of sp³-hybridized carbons (Fsp3) is 0.938. The number of nitrogens with zero attached hydrogens (tertiary/aromatic N) is 1. The van der Waals surface area contributed by atoms with Gasteiger partial charge in [0, 0.05) is 0 Å². The van der Waals surface area contributed by atoms with Crippen molar-refractivity contribution >= 4 is 5.97 Å². The molecule has 0 N–H and O–H groups in total. The third-order valence-electron chi connectivity index (χ3n) is 3.21. The predicted molar refractivity (Wildman–Crippen MR) is 81.4 cm³/mol. The Morgan fingerprint density at radius 2 is 1.32 bits per heavy atom. The van der Waals surface area contributed by atoms with Crippen molar-refractivity contribution in [2.45, 2.75) is 71.1 Å². The van der Waals surface area contributed by atoms with Crippen LogP contribution in [0.1, 0.15) is 71.1 Å². The Morgan fingerprint density at radius 3 is 1.79 bits per heavy atom. The lowest BCUT2D eigenvalue weighted by Gasteiger charge is -2.09. The third kappa shape index (κ3) is 15.4. The molecule has 3 nitrogen and oxygen atoms in total. The first-order valence-corrected chi connectivity index (χ1v) is 7.97. The maximum atomic E-state index is 11.2. The van der Waals surface area contributed by atoms with Crippen LogP contribution >= 0.6 is 0 Å². The highest BCUT2D eigenvalue weighted by Crippen LogP contribution is 2.10. The summed E-state index contributed by atoms with van der Waals surface area (Å²) in [5, 5.41) is 0. The second-order valence-corrected chi connectivity index (χ2v) is 5.64. The number of unbranched alkanes of at least 4 members (excludes halogenated alkanes) is 9. The van der Waals surface area contributed by atoms with Gasteiger partial charge < -0.3 is 4.74 Å². The highest BCUT2D eigenvalue weighted by atomic mass is 16.5. The molecule has 0 rings (SSSR count). The molecule has 0 atom stereocenters. The summed E-state index contributed by atoms with van der Waals surface area (Å²) >= 11 is 0. The largest absolute Gasteiger partial charge is 0.465 e. The molecule has 0 aliphatic carbocycles. The summed E-state index contributed by atoms with van der Waals surface area (Å²) < 4.78 is 5.14. The molecule has 3 heteroatoms. The maximum absolute atomic E-state index is 11.2. The molecule has 0 saturated heterocycles. The minimum atomic E-state index is -0.110. The molecule has 0 amide bonds. The summed E-state index contributed by atoms with van der Waals surface area (Å²) in [5.74, 6) is -0.110. The number of esters is 1. The average molecular weight is 271 g/mol. The Labute approximate surface area is 119 Å². The van der Waals surface area contributed by atoms with Crippen molar-refractivity contribution in [1.29, 1.82) is 0 Å². The van der Waals surface area contributed by atoms with Crippen molar-refractivity contribution in [3.8, 4) is 0 Å². The van der Waals surface area contributed by atoms with Crippen LogP contribution < -0.4 is 0 Å². The highest BCUT2D eigenvalue weighted by molar-refractivity contribution is 5.71. The molecule has 0 aliphatic rings. The van der Waals surface area contributed by atoms with Gasteiger partial charge in [0.1, 0.15) is 0 Å². The molecule has 0 aromatic rings. The van der Waals surface area contributed by atoms with Gasteiger partial charge >= 0.3 is 5.97 Å². The highest BCUT2D eigenvalue weighted by Gasteiger charge is 2.03. The fourth-order valence-electron chi connectivity index (χ4n) is 2.08. The zero-order chi connectivity index (χ0) is 14.3. The maximum Gasteiger partial charge on any atom is 0.320 e. The smallest absolute Gasteiger partial charge is 0.320 e. The minimum Gasteiger partial charge on any atom is -0.465 e. The van der Waals surface area contributed by atoms with E-state index in [9.17, 15) is 4.79 Å². The van der Waals surface area contributed by atoms with E-state index in [1.807, 2.05) is 19.0 Å². The van der Waals surface area contributed by atoms with Gasteiger partial charge in [0.15, 0.2) is 0 Å². The number of hydrogen-bond donors (Lipinski definition) is 0. The molecule has 0 aromatic carbocycles. The van der Waals surface area contributed by atoms with Crippen molar-refractivity contribution in [1.82, 2.24) is 4.90 Å². The molecule has 19 heavy (non-hydrogen) atoms. The van der Waals surface area contributed by atoms with Crippen molar-refractivity contribution in [2.75, 3.05) is 27.2 Å². The normalized spacial score (nSPS) is 10.9. The molecule has 0 heterocycles. The Kier molecular flexibility index (Phi) is 13.4. The van der Waals surface area contributed by atoms with Gasteiger partial charge in [-0.1, -0.05) is 64.7 Å². The van der Waals surface area contributed by atoms with Crippen LogP contribution in [0.4, 0.5) is 0 Å². The molecule has 0 aliphatic heterocycles. The summed E-state index contributed by atoms with van der Waals surface area (Å²) in [6, 6.07) is 0. The third-order valence-corrected chi connectivity index (χ3v) is 3.21. The summed E-state index contributed by atoms with van der Waals surface area (Å²) in [6.45, 7) is 3.23. The van der Waals surface area contributed by atoms with Gasteiger partial charge in [0.2, 0.25) is 0 Å². The van der Waals surface area contributed by atoms with E-state index in [4.69, 9.17) is 4.74 Å². The number of carbonyl (C=O) groups is 1. The Balaban J connectivity index is 3.08. The lowest BCUT2D eigenvalue weighted by Crippen LogP contribution is -2.23. The quantitative estimate of drug-likeness (QED) is 0.374. The van der Waals surface area contributed by atoms with Gasteiger partial charge in [-0.05, 0) is 20.5 Å². The minimum absolute atomic E-state index is 0.110. The first-order chi connectivity index (χ1) is 9.16. The van der Waals surface area contributed by atoms with E-state index in [0.29, 0.717) is 13.2 Å². The van der Waals surface area contributed by atoms with Crippen molar-refractivity contribution in [3.05, 3.63) is 0 Å². The van der Waals surface area contributed by atoms with Crippen molar-refractivity contribution in [2.24, 2.45) is 0 Å². The van der Waals surface area contributed by atoms with Crippen LogP contribution in [0.3, 0.4) is 0 Å². The topological polar surface area (TPSA) is 29.5 Å². The van der Waals surface area contributed by atoms with E-state index >= 15 is 0 Å². The van der Waals surface area contributed by atoms with Crippen LogP contribution in [0.15, 0.2) is 0 Å². The van der Waals surface area contributed by atoms with Gasteiger partial charge in [-0.3, -0.25) is 9.69 Å². The van der Waals surface area contributed by atoms with Gasteiger partial charge in [-0.2, -0.15) is 0 Å². The predicted octanol–water partition coefficient (Wildman–Crippen LogP) is 4.01. The van der Waals surface area contributed by atoms with Crippen LogP contribution in [0.2, 0.25) is 0 Å². The van der Waals surface area contributed by atoms with Gasteiger partial charge in [-0.15, -0.1) is 0 Å². The first kappa shape index (κ1) is 18.4.